The van der Waals surface area contributed by atoms with Gasteiger partial charge in [0.05, 0.1) is 22.6 Å². The first-order chi connectivity index (χ1) is 15.6. The minimum atomic E-state index is -1.88. The molecule has 4 rings (SSSR count). The Balaban J connectivity index is 1.73. The predicted octanol–water partition coefficient (Wildman–Crippen LogP) is 1.50. The van der Waals surface area contributed by atoms with Crippen LogP contribution in [0.2, 0.25) is 5.02 Å². The van der Waals surface area contributed by atoms with Gasteiger partial charge in [0.25, 0.3) is 0 Å². The van der Waals surface area contributed by atoms with E-state index in [2.05, 4.69) is 0 Å². The number of halogens is 2. The molecule has 2 aromatic rings. The molecule has 0 unspecified atom stereocenters. The number of aliphatic hydroxyl groups is 4. The molecule has 2 bridgehead atoms. The highest BCUT2D eigenvalue weighted by Gasteiger charge is 2.67. The van der Waals surface area contributed by atoms with Gasteiger partial charge < -0.3 is 34.6 Å². The number of hydrogen-bond acceptors (Lipinski definition) is 7. The first-order valence-corrected chi connectivity index (χ1v) is 10.2. The summed E-state index contributed by atoms with van der Waals surface area (Å²) in [6, 6.07) is 5.20. The molecule has 7 nitrogen and oxygen atoms in total. The van der Waals surface area contributed by atoms with Crippen molar-refractivity contribution in [2.75, 3.05) is 19.8 Å². The molecule has 2 saturated heterocycles. The van der Waals surface area contributed by atoms with Crippen molar-refractivity contribution in [2.24, 2.45) is 0 Å². The molecule has 0 saturated carbocycles. The molecule has 5 atom stereocenters. The monoisotopic (exact) mass is 456 g/mol. The highest BCUT2D eigenvalue weighted by Crippen LogP contribution is 2.49. The smallest absolute Gasteiger partial charge is 0.225 e. The Labute approximate surface area is 186 Å². The van der Waals surface area contributed by atoms with Crippen LogP contribution in [0, 0.1) is 5.82 Å². The fraction of sp³-hybridized carbons (Fsp3) is 0.455. The molecule has 2 aromatic carbocycles. The summed E-state index contributed by atoms with van der Waals surface area (Å²) in [6.07, 6.45) is -4.94. The van der Waals surface area contributed by atoms with Crippen LogP contribution in [0.15, 0.2) is 36.4 Å². The second-order valence-corrected chi connectivity index (χ2v) is 8.07. The second-order valence-electron chi connectivity index (χ2n) is 7.66. The van der Waals surface area contributed by atoms with Gasteiger partial charge in [-0.05, 0) is 48.7 Å². The van der Waals surface area contributed by atoms with E-state index in [1.54, 1.807) is 6.92 Å². The Bertz CT molecular complexity index is 1070. The maximum Gasteiger partial charge on any atom is 0.225 e. The molecule has 0 amide bonds. The van der Waals surface area contributed by atoms with Crippen LogP contribution < -0.4 is 4.74 Å². The van der Waals surface area contributed by atoms with Gasteiger partial charge in [0.1, 0.15) is 23.9 Å². The van der Waals surface area contributed by atoms with Crippen molar-refractivity contribution in [1.82, 2.24) is 0 Å². The van der Waals surface area contributed by atoms with Crippen molar-refractivity contribution in [3.05, 3.63) is 63.9 Å². The van der Waals surface area contributed by atoms with E-state index in [0.29, 0.717) is 5.56 Å². The van der Waals surface area contributed by atoms with Crippen LogP contribution in [0.4, 0.5) is 4.39 Å². The second kappa shape index (κ2) is 8.29. The molecule has 2 aliphatic rings. The summed E-state index contributed by atoms with van der Waals surface area (Å²) in [5, 5.41) is 41.4. The summed E-state index contributed by atoms with van der Waals surface area (Å²) < 4.78 is 47.4. The highest BCUT2D eigenvalue weighted by molar-refractivity contribution is 6.31. The fourth-order valence-corrected chi connectivity index (χ4v) is 4.19. The minimum absolute atomic E-state index is 0.0246. The lowest BCUT2D eigenvalue weighted by Crippen LogP contribution is -2.65. The zero-order valence-electron chi connectivity index (χ0n) is 18.6. The van der Waals surface area contributed by atoms with Crippen LogP contribution in [0.1, 0.15) is 26.4 Å². The standard InChI is InChI=1S/C22H24ClFO7/c1-2-29-17-6-3-12(8-16(17)24)7-13-9-14(4-5-15(13)23)22-20(28)18(26)19(27)21(10-25,31-22)11-30-22/h3-6,8-9,18-20,25-28H,2,7,10-11H2,1H3/t18-,19-,20+,21-,22-/m0/s1/i6D,8D. The fourth-order valence-electron chi connectivity index (χ4n) is 4.00. The van der Waals surface area contributed by atoms with Gasteiger partial charge in [-0.3, -0.25) is 0 Å². The lowest BCUT2D eigenvalue weighted by Gasteiger charge is -2.46. The van der Waals surface area contributed by atoms with E-state index >= 15 is 0 Å². The number of rotatable bonds is 6. The van der Waals surface area contributed by atoms with Crippen molar-refractivity contribution in [3.63, 3.8) is 0 Å². The van der Waals surface area contributed by atoms with Gasteiger partial charge in [-0.25, -0.2) is 4.39 Å². The number of ether oxygens (including phenoxy) is 3. The number of aliphatic hydroxyl groups excluding tert-OH is 4. The summed E-state index contributed by atoms with van der Waals surface area (Å²) in [6.45, 7) is 0.866. The van der Waals surface area contributed by atoms with Gasteiger partial charge >= 0.3 is 0 Å². The minimum Gasteiger partial charge on any atom is -0.491 e. The third-order valence-corrected chi connectivity index (χ3v) is 6.06. The van der Waals surface area contributed by atoms with Crippen LogP contribution in [0.25, 0.3) is 0 Å². The van der Waals surface area contributed by atoms with Gasteiger partial charge in [-0.2, -0.15) is 0 Å². The van der Waals surface area contributed by atoms with Crippen molar-refractivity contribution in [1.29, 1.82) is 0 Å². The van der Waals surface area contributed by atoms with E-state index in [4.69, 9.17) is 28.6 Å². The van der Waals surface area contributed by atoms with Crippen molar-refractivity contribution in [3.8, 4) is 5.75 Å². The zero-order valence-corrected chi connectivity index (χ0v) is 17.4. The first kappa shape index (κ1) is 19.9. The van der Waals surface area contributed by atoms with E-state index in [1.165, 1.54) is 24.3 Å². The van der Waals surface area contributed by atoms with Gasteiger partial charge in [0, 0.05) is 10.6 Å². The molecular formula is C22H24ClFO7. The summed E-state index contributed by atoms with van der Waals surface area (Å²) in [5.41, 5.74) is -0.762. The van der Waals surface area contributed by atoms with Gasteiger partial charge in [-0.1, -0.05) is 23.7 Å². The van der Waals surface area contributed by atoms with Crippen LogP contribution in [0.3, 0.4) is 0 Å². The van der Waals surface area contributed by atoms with E-state index < -0.39 is 48.2 Å². The van der Waals surface area contributed by atoms with E-state index in [-0.39, 0.29) is 47.6 Å². The molecule has 0 radical (unpaired) electrons. The quantitative estimate of drug-likeness (QED) is 0.521. The maximum absolute atomic E-state index is 14.6. The topological polar surface area (TPSA) is 109 Å². The lowest BCUT2D eigenvalue weighted by atomic mass is 9.83. The van der Waals surface area contributed by atoms with Crippen molar-refractivity contribution < 1.29 is 41.8 Å². The first-order valence-electron chi connectivity index (χ1n) is 10.8. The largest absolute Gasteiger partial charge is 0.491 e. The van der Waals surface area contributed by atoms with Gasteiger partial charge in [-0.15, -0.1) is 0 Å². The van der Waals surface area contributed by atoms with E-state index in [1.807, 2.05) is 0 Å². The van der Waals surface area contributed by atoms with Crippen molar-refractivity contribution >= 4 is 11.6 Å². The average molecular weight is 457 g/mol. The molecule has 2 fully saturated rings. The Kier molecular flexibility index (Phi) is 5.31. The summed E-state index contributed by atoms with van der Waals surface area (Å²) in [4.78, 5) is 0. The molecule has 0 aliphatic carbocycles. The van der Waals surface area contributed by atoms with E-state index in [9.17, 15) is 24.8 Å². The predicted molar refractivity (Wildman–Crippen MR) is 108 cm³/mol. The maximum atomic E-state index is 14.6. The molecular weight excluding hydrogens is 431 g/mol. The van der Waals surface area contributed by atoms with E-state index in [0.717, 1.165) is 0 Å². The molecule has 9 heteroatoms. The van der Waals surface area contributed by atoms with Crippen LogP contribution >= 0.6 is 11.6 Å². The van der Waals surface area contributed by atoms with Crippen LogP contribution in [-0.2, 0) is 21.7 Å². The van der Waals surface area contributed by atoms with Crippen molar-refractivity contribution in [2.45, 2.75) is 43.0 Å². The third kappa shape index (κ3) is 3.62. The molecule has 2 aliphatic heterocycles. The average Bonchev–Trinajstić information content (AvgIpc) is 3.19. The molecule has 2 heterocycles. The summed E-state index contributed by atoms with van der Waals surface area (Å²) >= 11 is 6.34. The normalized spacial score (nSPS) is 33.2. The van der Waals surface area contributed by atoms with Gasteiger partial charge in [0.15, 0.2) is 11.6 Å². The molecule has 31 heavy (non-hydrogen) atoms. The Hall–Kier alpha value is -1.78. The molecule has 168 valence electrons. The third-order valence-electron chi connectivity index (χ3n) is 5.69. The molecule has 0 aromatic heterocycles. The number of fused-ring (bicyclic) bond motifs is 2. The van der Waals surface area contributed by atoms with Crippen LogP contribution in [-0.4, -0.2) is 64.2 Å². The van der Waals surface area contributed by atoms with Gasteiger partial charge in [0.2, 0.25) is 5.79 Å². The zero-order chi connectivity index (χ0) is 24.1. The Morgan fingerprint density at radius 2 is 2.06 bits per heavy atom. The molecule has 0 spiro atoms. The lowest BCUT2D eigenvalue weighted by molar-refractivity contribution is -0.329. The number of hydrogen-bond donors (Lipinski definition) is 4. The SMILES string of the molecule is [2H]c1cc(Cc2cc([C@]34OC[C@](CO)(O3)[C@@H](O)[C@H](O)[C@H]4O)ccc2Cl)c([2H])c(F)c1OCC. The highest BCUT2D eigenvalue weighted by atomic mass is 35.5. The Morgan fingerprint density at radius 3 is 2.77 bits per heavy atom. The Morgan fingerprint density at radius 1 is 1.29 bits per heavy atom. The van der Waals surface area contributed by atoms with Crippen LogP contribution in [0.5, 0.6) is 5.75 Å². The molecule has 4 N–H and O–H groups in total. The number of benzene rings is 2. The summed E-state index contributed by atoms with van der Waals surface area (Å²) in [5.74, 6) is -3.12. The summed E-state index contributed by atoms with van der Waals surface area (Å²) in [7, 11) is 0.